The molecule has 4 amide bonds. The van der Waals surface area contributed by atoms with Gasteiger partial charge >= 0.3 is 18.4 Å². The number of rotatable bonds is 15. The number of urea groups is 1. The quantitative estimate of drug-likeness (QED) is 0.0554. The molecule has 14 rings (SSSR count). The van der Waals surface area contributed by atoms with Crippen molar-refractivity contribution >= 4 is 77.2 Å². The molecule has 2 saturated heterocycles. The Hall–Kier alpha value is -8.56. The number of ether oxygens (including phenoxy) is 3. The number of carbonyl (C=O) groups is 3. The van der Waals surface area contributed by atoms with Crippen molar-refractivity contribution in [3.8, 4) is 35.3 Å². The molecule has 0 unspecified atom stereocenters. The van der Waals surface area contributed by atoms with Gasteiger partial charge in [-0.05, 0) is 133 Å². The first-order valence-electron chi connectivity index (χ1n) is 30.6. The van der Waals surface area contributed by atoms with Gasteiger partial charge in [0.15, 0.2) is 10.3 Å². The first kappa shape index (κ1) is 64.5. The van der Waals surface area contributed by atoms with Crippen molar-refractivity contribution in [3.05, 3.63) is 142 Å². The second-order valence-electron chi connectivity index (χ2n) is 23.6. The largest absolute Gasteiger partial charge is 0.439 e. The van der Waals surface area contributed by atoms with Crippen molar-refractivity contribution in [1.29, 1.82) is 5.26 Å². The number of halogens is 6. The minimum absolute atomic E-state index is 0.0166. The van der Waals surface area contributed by atoms with Crippen molar-refractivity contribution < 1.29 is 54.9 Å². The molecule has 8 aromatic rings. The second-order valence-corrected chi connectivity index (χ2v) is 25.6. The van der Waals surface area contributed by atoms with Gasteiger partial charge < -0.3 is 50.2 Å². The van der Waals surface area contributed by atoms with Gasteiger partial charge in [-0.15, -0.1) is 5.26 Å². The van der Waals surface area contributed by atoms with E-state index in [4.69, 9.17) is 14.7 Å². The maximum Gasteiger partial charge on any atom is 0.416 e. The lowest BCUT2D eigenvalue weighted by Gasteiger charge is -2.34. The number of benzene rings is 4. The number of anilines is 3. The molecule has 0 bridgehead atoms. The number of fused-ring (bicyclic) bond motifs is 4. The molecule has 4 aromatic carbocycles. The summed E-state index contributed by atoms with van der Waals surface area (Å²) in [6.45, 7) is 12.1. The summed E-state index contributed by atoms with van der Waals surface area (Å²) in [5, 5.41) is 21.2. The number of amides is 4. The van der Waals surface area contributed by atoms with E-state index >= 15 is 0 Å². The number of likely N-dealkylation sites (N-methyl/N-ethyl adjacent to an activating group) is 2. The van der Waals surface area contributed by atoms with Crippen LogP contribution in [0.15, 0.2) is 97.1 Å². The highest BCUT2D eigenvalue weighted by atomic mass is 32.1. The van der Waals surface area contributed by atoms with E-state index in [0.29, 0.717) is 57.8 Å². The van der Waals surface area contributed by atoms with E-state index in [1.807, 2.05) is 41.1 Å². The number of piperazine rings is 2. The van der Waals surface area contributed by atoms with Crippen molar-refractivity contribution in [2.75, 3.05) is 81.9 Å². The highest BCUT2D eigenvalue weighted by molar-refractivity contribution is 7.22. The predicted molar refractivity (Wildman–Crippen MR) is 339 cm³/mol. The van der Waals surface area contributed by atoms with E-state index in [1.54, 1.807) is 29.2 Å². The third-order valence-corrected chi connectivity index (χ3v) is 18.5. The molecule has 0 atom stereocenters. The Morgan fingerprint density at radius 1 is 0.581 bits per heavy atom. The molecule has 20 nitrogen and oxygen atoms in total. The molecule has 4 N–H and O–H groups in total. The number of nitrogens with zero attached hydrogens (tertiary/aromatic N) is 10. The fourth-order valence-corrected chi connectivity index (χ4v) is 12.8. The van der Waals surface area contributed by atoms with Crippen molar-refractivity contribution in [2.45, 2.75) is 84.2 Å². The maximum absolute atomic E-state index is 14.0. The van der Waals surface area contributed by atoms with Crippen LogP contribution < -0.4 is 35.5 Å². The molecule has 93 heavy (non-hydrogen) atoms. The van der Waals surface area contributed by atoms with Gasteiger partial charge in [0.2, 0.25) is 23.6 Å². The lowest BCUT2D eigenvalue weighted by atomic mass is 10.0. The summed E-state index contributed by atoms with van der Waals surface area (Å²) in [6.07, 6.45) is -3.85. The van der Waals surface area contributed by atoms with E-state index in [2.05, 4.69) is 74.8 Å². The molecule has 0 radical (unpaired) electrons. The zero-order chi connectivity index (χ0) is 65.0. The zero-order valence-electron chi connectivity index (χ0n) is 50.8. The Kier molecular flexibility index (Phi) is 19.4. The Bertz CT molecular complexity index is 4100. The van der Waals surface area contributed by atoms with Crippen molar-refractivity contribution in [2.24, 2.45) is 11.8 Å². The van der Waals surface area contributed by atoms with Crippen LogP contribution in [0.2, 0.25) is 0 Å². The molecule has 4 aromatic heterocycles. The van der Waals surface area contributed by atoms with E-state index < -0.39 is 29.5 Å². The van der Waals surface area contributed by atoms with Crippen LogP contribution in [0.4, 0.5) is 47.1 Å². The van der Waals surface area contributed by atoms with Gasteiger partial charge in [0.25, 0.3) is 6.26 Å². The summed E-state index contributed by atoms with van der Waals surface area (Å²) in [7, 11) is 2.00. The van der Waals surface area contributed by atoms with Gasteiger partial charge in [0, 0.05) is 121 Å². The van der Waals surface area contributed by atoms with E-state index in [-0.39, 0.29) is 65.8 Å². The smallest absolute Gasteiger partial charge is 0.416 e. The Morgan fingerprint density at radius 3 is 1.62 bits per heavy atom. The first-order chi connectivity index (χ1) is 44.7. The molecule has 6 aliphatic rings. The van der Waals surface area contributed by atoms with Crippen LogP contribution in [0.1, 0.15) is 77.1 Å². The van der Waals surface area contributed by atoms with Crippen LogP contribution in [0.5, 0.6) is 29.0 Å². The molecule has 2 aliphatic carbocycles. The standard InChI is InChI=1S/C32H32F3N7O3S.C18H16N4O2S.C15H18F3N3O/c1-40-10-12-41(13-11-40)16-21-4-6-23(15-25(21)32(33,34)35)36-31(44)42-17-20-5-7-24(14-22(20)18-42)45-27-9-8-26-29(38-27)46-30(37-26)39-28(43)19-2-3-19;23-16(10-1-2-10)22-18-20-14-5-6-15(21-17(14)25-18)24-13-4-3-11-8-19-9-12(11)7-13;1-2-20-5-7-21(8-6-20)10-12-3-4-13(22-11-19)9-14(12)15(16,17)18/h4-9,14-15,19H,2-3,10-13,16-18H2,1H3,(H,36,44)(H,37,39,43);3-7,10,19H,1-2,8-9H2,(H,20,22,23);3-4,9H,2,5-8,10H2,1H3. The van der Waals surface area contributed by atoms with E-state index in [0.717, 1.165) is 124 Å². The van der Waals surface area contributed by atoms with Crippen molar-refractivity contribution in [3.63, 3.8) is 0 Å². The summed E-state index contributed by atoms with van der Waals surface area (Å²) in [6, 6.07) is 25.9. The summed E-state index contributed by atoms with van der Waals surface area (Å²) < 4.78 is 98.0. The molecule has 4 aliphatic heterocycles. The van der Waals surface area contributed by atoms with Gasteiger partial charge in [0.1, 0.15) is 37.9 Å². The maximum atomic E-state index is 14.0. The number of nitriles is 1. The lowest BCUT2D eigenvalue weighted by Crippen LogP contribution is -2.45. The van der Waals surface area contributed by atoms with Gasteiger partial charge in [-0.25, -0.2) is 24.7 Å². The third-order valence-electron chi connectivity index (χ3n) is 16.8. The summed E-state index contributed by atoms with van der Waals surface area (Å²) in [5.41, 5.74) is 4.82. The fraction of sp³-hybridized carbons (Fsp3) is 0.385. The monoisotopic (exact) mass is 1320 g/mol. The number of alkyl halides is 6. The topological polar surface area (TPSA) is 219 Å². The summed E-state index contributed by atoms with van der Waals surface area (Å²) >= 11 is 2.65. The SMILES string of the molecule is CCN1CCN(Cc2ccc(OC#N)cc2C(F)(F)F)CC1.CN1CCN(Cc2ccc(NC(=O)N3Cc4ccc(Oc5ccc6nc(NC(=O)C7CC7)sc6n5)cc4C3)cc2C(F)(F)F)CC1.O=C(Nc1nc2ccc(Oc3ccc4c(c3)CNC4)nc2s1)C1CC1. The van der Waals surface area contributed by atoms with E-state index in [9.17, 15) is 40.7 Å². The Balaban J connectivity index is 0.000000149. The number of hydrogen-bond donors (Lipinski definition) is 4. The predicted octanol–water partition coefficient (Wildman–Crippen LogP) is 12.3. The number of nitrogens with one attached hydrogen (secondary N) is 4. The van der Waals surface area contributed by atoms with Crippen LogP contribution >= 0.6 is 22.7 Å². The average molecular weight is 1320 g/mol. The Labute approximate surface area is 539 Å². The Morgan fingerprint density at radius 2 is 1.08 bits per heavy atom. The van der Waals surface area contributed by atoms with Gasteiger partial charge in [0.05, 0.1) is 11.1 Å². The number of aromatic nitrogens is 4. The van der Waals surface area contributed by atoms with Crippen LogP contribution in [0, 0.1) is 23.4 Å². The zero-order valence-corrected chi connectivity index (χ0v) is 52.5. The summed E-state index contributed by atoms with van der Waals surface area (Å²) in [4.78, 5) is 66.4. The molecular weight excluding hydrogens is 1250 g/mol. The normalized spacial score (nSPS) is 16.9. The molecule has 2 saturated carbocycles. The van der Waals surface area contributed by atoms with E-state index in [1.165, 1.54) is 64.3 Å². The molecule has 486 valence electrons. The second kappa shape index (κ2) is 28.0. The fourth-order valence-electron chi connectivity index (χ4n) is 11.2. The molecule has 28 heteroatoms. The number of carbonyl (C=O) groups excluding carboxylic acids is 3. The van der Waals surface area contributed by atoms with Crippen molar-refractivity contribution in [1.82, 2.24) is 49.8 Å². The van der Waals surface area contributed by atoms with Gasteiger partial charge in [-0.3, -0.25) is 19.4 Å². The minimum Gasteiger partial charge on any atom is -0.439 e. The molecule has 8 heterocycles. The average Bonchev–Trinajstić information content (AvgIpc) is 1.86. The minimum atomic E-state index is -4.55. The van der Waals surface area contributed by atoms with Gasteiger partial charge in [-0.2, -0.15) is 26.3 Å². The molecule has 0 spiro atoms. The molecular formula is C65H66F6N14O6S2. The third kappa shape index (κ3) is 16.6. The first-order valence-corrected chi connectivity index (χ1v) is 32.2. The lowest BCUT2D eigenvalue weighted by molar-refractivity contribution is -0.139. The van der Waals surface area contributed by atoms with Crippen LogP contribution in [0.25, 0.3) is 20.7 Å². The number of pyridine rings is 2. The number of thiazole rings is 2. The molecule has 4 fully saturated rings. The number of hydrogen-bond acceptors (Lipinski definition) is 18. The summed E-state index contributed by atoms with van der Waals surface area (Å²) in [5.74, 6) is 2.39. The van der Waals surface area contributed by atoms with Gasteiger partial charge in [-0.1, -0.05) is 53.9 Å². The highest BCUT2D eigenvalue weighted by Crippen LogP contribution is 2.39. The van der Waals surface area contributed by atoms with Crippen LogP contribution in [-0.2, 0) is 61.2 Å². The highest BCUT2D eigenvalue weighted by Gasteiger charge is 2.37. The van der Waals surface area contributed by atoms with Crippen LogP contribution in [0.3, 0.4) is 0 Å². The van der Waals surface area contributed by atoms with Crippen LogP contribution in [-0.4, -0.2) is 128 Å².